The van der Waals surface area contributed by atoms with Gasteiger partial charge in [-0.2, -0.15) is 0 Å². The molecule has 4 nitrogen and oxygen atoms in total. The van der Waals surface area contributed by atoms with E-state index in [-0.39, 0.29) is 29.5 Å². The molecule has 1 saturated heterocycles. The van der Waals surface area contributed by atoms with Crippen molar-refractivity contribution in [3.63, 3.8) is 0 Å². The molecule has 1 saturated carbocycles. The highest BCUT2D eigenvalue weighted by Gasteiger charge is 2.64. The molecule has 2 aliphatic heterocycles. The van der Waals surface area contributed by atoms with Crippen LogP contribution in [0.25, 0.3) is 0 Å². The van der Waals surface area contributed by atoms with Crippen LogP contribution in [0.5, 0.6) is 11.5 Å². The molecule has 4 rings (SSSR count). The summed E-state index contributed by atoms with van der Waals surface area (Å²) in [5.74, 6) is 1.17. The lowest BCUT2D eigenvalue weighted by molar-refractivity contribution is -0.138. The van der Waals surface area contributed by atoms with E-state index in [1.54, 1.807) is 7.11 Å². The zero-order valence-corrected chi connectivity index (χ0v) is 12.0. The number of para-hydroxylation sites is 1. The maximum absolute atomic E-state index is 12.2. The second-order valence-electron chi connectivity index (χ2n) is 6.04. The molecule has 0 aromatic heterocycles. The number of hydrogen-bond acceptors (Lipinski definition) is 4. The van der Waals surface area contributed by atoms with Gasteiger partial charge in [-0.25, -0.2) is 0 Å². The number of ether oxygens (including phenoxy) is 3. The van der Waals surface area contributed by atoms with E-state index < -0.39 is 0 Å². The Labute approximate surface area is 123 Å². The van der Waals surface area contributed by atoms with Gasteiger partial charge >= 0.3 is 5.97 Å². The molecule has 1 spiro atoms. The summed E-state index contributed by atoms with van der Waals surface area (Å²) in [6, 6.07) is 5.80. The van der Waals surface area contributed by atoms with Gasteiger partial charge in [0, 0.05) is 11.0 Å². The zero-order valence-electron chi connectivity index (χ0n) is 12.0. The Morgan fingerprint density at radius 2 is 2.29 bits per heavy atom. The molecule has 0 unspecified atom stereocenters. The minimum absolute atomic E-state index is 0.0907. The molecule has 110 valence electrons. The molecule has 1 aromatic rings. The first-order valence-electron chi connectivity index (χ1n) is 7.37. The number of allylic oxidation sites excluding steroid dienone is 1. The number of fused-ring (bicyclic) bond motifs is 4. The highest BCUT2D eigenvalue weighted by molar-refractivity contribution is 5.80. The fraction of sp³-hybridized carbons (Fsp3) is 0.471. The first-order valence-corrected chi connectivity index (χ1v) is 7.37. The SMILES string of the molecule is C=C[C@@H]1CC[C@H]2O[C@H]2[C@@]12CC(=O)Oc1c(OC)cccc12. The van der Waals surface area contributed by atoms with Gasteiger partial charge in [-0.15, -0.1) is 6.58 Å². The van der Waals surface area contributed by atoms with Crippen molar-refractivity contribution < 1.29 is 19.0 Å². The predicted octanol–water partition coefficient (Wildman–Crippen LogP) is 2.61. The van der Waals surface area contributed by atoms with Gasteiger partial charge in [-0.3, -0.25) is 4.79 Å². The average Bonchev–Trinajstić information content (AvgIpc) is 3.27. The van der Waals surface area contributed by atoms with E-state index in [2.05, 4.69) is 6.58 Å². The number of epoxide rings is 1. The number of rotatable bonds is 2. The Bertz CT molecular complexity index is 623. The molecule has 0 radical (unpaired) electrons. The number of methoxy groups -OCH3 is 1. The van der Waals surface area contributed by atoms with Crippen molar-refractivity contribution in [1.82, 2.24) is 0 Å². The highest BCUT2D eigenvalue weighted by atomic mass is 16.6. The highest BCUT2D eigenvalue weighted by Crippen LogP contribution is 2.60. The average molecular weight is 286 g/mol. The predicted molar refractivity (Wildman–Crippen MR) is 76.5 cm³/mol. The van der Waals surface area contributed by atoms with Crippen LogP contribution >= 0.6 is 0 Å². The smallest absolute Gasteiger partial charge is 0.312 e. The standard InChI is InChI=1S/C17H18O4/c1-3-10-7-8-13-16(20-13)17(10)9-14(18)21-15-11(17)5-4-6-12(15)19-2/h3-6,10,13,16H,1,7-9H2,2H3/t10-,13-,16-,17+/m1/s1. The van der Waals surface area contributed by atoms with Gasteiger partial charge < -0.3 is 14.2 Å². The van der Waals surface area contributed by atoms with Crippen LogP contribution < -0.4 is 9.47 Å². The van der Waals surface area contributed by atoms with E-state index in [9.17, 15) is 4.79 Å². The van der Waals surface area contributed by atoms with Gasteiger partial charge in [0.1, 0.15) is 0 Å². The Hall–Kier alpha value is -1.81. The van der Waals surface area contributed by atoms with Gasteiger partial charge in [0.25, 0.3) is 0 Å². The van der Waals surface area contributed by atoms with Gasteiger partial charge in [-0.05, 0) is 24.8 Å². The lowest BCUT2D eigenvalue weighted by atomic mass is 9.60. The lowest BCUT2D eigenvalue weighted by Crippen LogP contribution is -2.48. The topological polar surface area (TPSA) is 48.1 Å². The molecular weight excluding hydrogens is 268 g/mol. The minimum atomic E-state index is -0.343. The fourth-order valence-electron chi connectivity index (χ4n) is 4.17. The zero-order chi connectivity index (χ0) is 14.6. The third-order valence-electron chi connectivity index (χ3n) is 5.15. The Balaban J connectivity index is 1.94. The monoisotopic (exact) mass is 286 g/mol. The first kappa shape index (κ1) is 12.9. The van der Waals surface area contributed by atoms with Crippen LogP contribution in [-0.2, 0) is 14.9 Å². The van der Waals surface area contributed by atoms with Gasteiger partial charge in [0.05, 0.1) is 25.7 Å². The summed E-state index contributed by atoms with van der Waals surface area (Å²) in [6.07, 6.45) is 4.72. The summed E-state index contributed by atoms with van der Waals surface area (Å²) >= 11 is 0. The molecule has 2 heterocycles. The number of benzene rings is 1. The summed E-state index contributed by atoms with van der Waals surface area (Å²) in [7, 11) is 1.59. The van der Waals surface area contributed by atoms with Crippen LogP contribution in [0, 0.1) is 5.92 Å². The van der Waals surface area contributed by atoms with Crippen LogP contribution in [0.3, 0.4) is 0 Å². The van der Waals surface area contributed by atoms with E-state index >= 15 is 0 Å². The third-order valence-corrected chi connectivity index (χ3v) is 5.15. The van der Waals surface area contributed by atoms with E-state index in [0.717, 1.165) is 18.4 Å². The van der Waals surface area contributed by atoms with Gasteiger partial charge in [0.2, 0.25) is 0 Å². The van der Waals surface area contributed by atoms with Crippen molar-refractivity contribution in [3.05, 3.63) is 36.4 Å². The molecule has 2 fully saturated rings. The van der Waals surface area contributed by atoms with Crippen molar-refractivity contribution in [3.8, 4) is 11.5 Å². The summed E-state index contributed by atoms with van der Waals surface area (Å²) in [4.78, 5) is 12.2. The van der Waals surface area contributed by atoms with Crippen LogP contribution in [0.15, 0.2) is 30.9 Å². The van der Waals surface area contributed by atoms with Crippen molar-refractivity contribution in [2.24, 2.45) is 5.92 Å². The number of esters is 1. The Morgan fingerprint density at radius 3 is 3.05 bits per heavy atom. The molecule has 0 amide bonds. The molecule has 0 N–H and O–H groups in total. The normalized spacial score (nSPS) is 36.4. The minimum Gasteiger partial charge on any atom is -0.493 e. The largest absolute Gasteiger partial charge is 0.493 e. The maximum atomic E-state index is 12.2. The fourth-order valence-corrected chi connectivity index (χ4v) is 4.17. The molecule has 4 atom stereocenters. The van der Waals surface area contributed by atoms with E-state index in [1.807, 2.05) is 24.3 Å². The van der Waals surface area contributed by atoms with E-state index in [0.29, 0.717) is 17.9 Å². The van der Waals surface area contributed by atoms with Crippen LogP contribution in [0.2, 0.25) is 0 Å². The number of hydrogen-bond donors (Lipinski definition) is 0. The summed E-state index contributed by atoms with van der Waals surface area (Å²) in [5.41, 5.74) is 0.683. The molecule has 1 aromatic carbocycles. The van der Waals surface area contributed by atoms with E-state index in [4.69, 9.17) is 14.2 Å². The summed E-state index contributed by atoms with van der Waals surface area (Å²) < 4.78 is 16.7. The van der Waals surface area contributed by atoms with Crippen LogP contribution in [-0.4, -0.2) is 25.3 Å². The Morgan fingerprint density at radius 1 is 1.43 bits per heavy atom. The third kappa shape index (κ3) is 1.62. The van der Waals surface area contributed by atoms with Crippen molar-refractivity contribution >= 4 is 5.97 Å². The van der Waals surface area contributed by atoms with Gasteiger partial charge in [0.15, 0.2) is 11.5 Å². The summed E-state index contributed by atoms with van der Waals surface area (Å²) in [5, 5.41) is 0. The van der Waals surface area contributed by atoms with Crippen LogP contribution in [0.1, 0.15) is 24.8 Å². The van der Waals surface area contributed by atoms with Crippen LogP contribution in [0.4, 0.5) is 0 Å². The molecular formula is C17H18O4. The molecule has 0 bridgehead atoms. The molecule has 3 aliphatic rings. The van der Waals surface area contributed by atoms with Crippen molar-refractivity contribution in [1.29, 1.82) is 0 Å². The first-order chi connectivity index (χ1) is 10.2. The molecule has 1 aliphatic carbocycles. The quantitative estimate of drug-likeness (QED) is 0.363. The van der Waals surface area contributed by atoms with Crippen molar-refractivity contribution in [2.75, 3.05) is 7.11 Å². The number of carbonyl (C=O) groups is 1. The second-order valence-corrected chi connectivity index (χ2v) is 6.04. The Kier molecular flexibility index (Phi) is 2.67. The number of carbonyl (C=O) groups excluding carboxylic acids is 1. The lowest BCUT2D eigenvalue weighted by Gasteiger charge is -2.43. The van der Waals surface area contributed by atoms with E-state index in [1.165, 1.54) is 0 Å². The maximum Gasteiger partial charge on any atom is 0.312 e. The van der Waals surface area contributed by atoms with Crippen molar-refractivity contribution in [2.45, 2.75) is 36.9 Å². The molecule has 21 heavy (non-hydrogen) atoms. The molecule has 4 heteroatoms. The summed E-state index contributed by atoms with van der Waals surface area (Å²) in [6.45, 7) is 3.99. The second kappa shape index (κ2) is 4.34. The van der Waals surface area contributed by atoms with Gasteiger partial charge in [-0.1, -0.05) is 18.2 Å².